The van der Waals surface area contributed by atoms with Crippen LogP contribution in [0, 0.1) is 0 Å². The normalized spacial score (nSPS) is 11.3. The molecule has 1 aromatic carbocycles. The predicted molar refractivity (Wildman–Crippen MR) is 114 cm³/mol. The molecule has 7 heteroatoms. The van der Waals surface area contributed by atoms with Crippen molar-refractivity contribution in [1.82, 2.24) is 15.6 Å². The smallest absolute Gasteiger partial charge is 0.190 e. The van der Waals surface area contributed by atoms with Gasteiger partial charge in [-0.05, 0) is 31.9 Å². The van der Waals surface area contributed by atoms with Crippen LogP contribution < -0.4 is 10.6 Å². The number of hydrogen-bond donors (Lipinski definition) is 2. The van der Waals surface area contributed by atoms with E-state index in [0.29, 0.717) is 0 Å². The molecule has 0 aliphatic carbocycles. The largest absolute Gasteiger partial charge is 0.382 e. The van der Waals surface area contributed by atoms with Crippen LogP contribution in [0.15, 0.2) is 29.3 Å². The first-order valence-corrected chi connectivity index (χ1v) is 9.02. The molecule has 0 aliphatic rings. The summed E-state index contributed by atoms with van der Waals surface area (Å²) in [5, 5.41) is 7.84. The van der Waals surface area contributed by atoms with Crippen molar-refractivity contribution < 1.29 is 4.74 Å². The van der Waals surface area contributed by atoms with E-state index in [1.54, 1.807) is 18.4 Å². The number of nitrogens with zero attached hydrogens (tertiary/aromatic N) is 2. The highest BCUT2D eigenvalue weighted by Gasteiger charge is 2.03. The van der Waals surface area contributed by atoms with E-state index >= 15 is 0 Å². The fourth-order valence-corrected chi connectivity index (χ4v) is 3.23. The third-order valence-electron chi connectivity index (χ3n) is 3.38. The first-order valence-electron chi connectivity index (χ1n) is 8.20. The van der Waals surface area contributed by atoms with Crippen molar-refractivity contribution in [3.05, 3.63) is 29.3 Å². The first kappa shape index (κ1) is 21.1. The van der Waals surface area contributed by atoms with Gasteiger partial charge in [0.25, 0.3) is 0 Å². The molecule has 1 heterocycles. The van der Waals surface area contributed by atoms with Crippen molar-refractivity contribution in [3.63, 3.8) is 0 Å². The lowest BCUT2D eigenvalue weighted by Crippen LogP contribution is -2.38. The Kier molecular flexibility index (Phi) is 10.9. The first-order chi connectivity index (χ1) is 11.3. The summed E-state index contributed by atoms with van der Waals surface area (Å²) < 4.78 is 6.58. The molecule has 0 bridgehead atoms. The number of aryl methyl sites for hydroxylation is 1. The summed E-state index contributed by atoms with van der Waals surface area (Å²) in [6.45, 7) is 5.34. The molecule has 0 aliphatic heterocycles. The number of fused-ring (bicyclic) bond motifs is 1. The molecular weight excluding hydrogens is 435 g/mol. The lowest BCUT2D eigenvalue weighted by atomic mass is 10.3. The monoisotopic (exact) mass is 462 g/mol. The summed E-state index contributed by atoms with van der Waals surface area (Å²) >= 11 is 1.78. The topological polar surface area (TPSA) is 58.5 Å². The highest BCUT2D eigenvalue weighted by Crippen LogP contribution is 2.22. The Morgan fingerprint density at radius 3 is 2.67 bits per heavy atom. The van der Waals surface area contributed by atoms with Gasteiger partial charge in [-0.15, -0.1) is 35.3 Å². The Balaban J connectivity index is 0.00000288. The van der Waals surface area contributed by atoms with Gasteiger partial charge in [-0.1, -0.05) is 12.1 Å². The van der Waals surface area contributed by atoms with Gasteiger partial charge in [0.15, 0.2) is 5.96 Å². The SMILES string of the molecule is CCOCCCNC(=NC)NCCCc1nc2ccccc2s1.I. The standard InChI is InChI=1S/C17H26N4OS.HI/c1-3-22-13-7-12-20-17(18-2)19-11-6-10-16-21-14-8-4-5-9-15(14)23-16;/h4-5,8-9H,3,6-7,10-13H2,1-2H3,(H2,18,19,20);1H. The third kappa shape index (κ3) is 7.31. The fraction of sp³-hybridized carbons (Fsp3) is 0.529. The number of rotatable bonds is 9. The molecule has 134 valence electrons. The highest BCUT2D eigenvalue weighted by atomic mass is 127. The Labute approximate surface area is 165 Å². The van der Waals surface area contributed by atoms with Gasteiger partial charge >= 0.3 is 0 Å². The van der Waals surface area contributed by atoms with E-state index in [9.17, 15) is 0 Å². The van der Waals surface area contributed by atoms with Gasteiger partial charge in [-0.3, -0.25) is 4.99 Å². The van der Waals surface area contributed by atoms with Gasteiger partial charge in [0.2, 0.25) is 0 Å². The van der Waals surface area contributed by atoms with Crippen LogP contribution in [0.1, 0.15) is 24.8 Å². The molecule has 0 saturated carbocycles. The van der Waals surface area contributed by atoms with Crippen molar-refractivity contribution in [2.75, 3.05) is 33.4 Å². The number of guanidine groups is 1. The predicted octanol–water partition coefficient (Wildman–Crippen LogP) is 3.44. The lowest BCUT2D eigenvalue weighted by molar-refractivity contribution is 0.145. The molecule has 5 nitrogen and oxygen atoms in total. The van der Waals surface area contributed by atoms with E-state index in [4.69, 9.17) is 4.74 Å². The molecule has 0 radical (unpaired) electrons. The molecular formula is C17H27IN4OS. The summed E-state index contributed by atoms with van der Waals surface area (Å²) in [5.41, 5.74) is 1.10. The number of ether oxygens (including phenoxy) is 1. The zero-order valence-electron chi connectivity index (χ0n) is 14.4. The van der Waals surface area contributed by atoms with E-state index < -0.39 is 0 Å². The molecule has 0 unspecified atom stereocenters. The van der Waals surface area contributed by atoms with E-state index in [1.165, 1.54) is 9.71 Å². The van der Waals surface area contributed by atoms with Crippen molar-refractivity contribution >= 4 is 51.5 Å². The van der Waals surface area contributed by atoms with Crippen LogP contribution in [-0.2, 0) is 11.2 Å². The second-order valence-corrected chi connectivity index (χ2v) is 6.27. The van der Waals surface area contributed by atoms with Crippen molar-refractivity contribution in [3.8, 4) is 0 Å². The van der Waals surface area contributed by atoms with Crippen LogP contribution >= 0.6 is 35.3 Å². The Hall–Kier alpha value is -0.930. The van der Waals surface area contributed by atoms with Gasteiger partial charge < -0.3 is 15.4 Å². The number of halogens is 1. The molecule has 0 atom stereocenters. The van der Waals surface area contributed by atoms with Crippen LogP contribution in [0.25, 0.3) is 10.2 Å². The van der Waals surface area contributed by atoms with E-state index in [0.717, 1.165) is 57.0 Å². The van der Waals surface area contributed by atoms with Gasteiger partial charge in [0.05, 0.1) is 15.2 Å². The summed E-state index contributed by atoms with van der Waals surface area (Å²) in [5.74, 6) is 0.853. The van der Waals surface area contributed by atoms with E-state index in [-0.39, 0.29) is 24.0 Å². The maximum atomic E-state index is 5.32. The van der Waals surface area contributed by atoms with Gasteiger partial charge in [0, 0.05) is 39.8 Å². The minimum Gasteiger partial charge on any atom is -0.382 e. The molecule has 2 N–H and O–H groups in total. The molecule has 0 saturated heterocycles. The number of aliphatic imine (C=N–C) groups is 1. The maximum absolute atomic E-state index is 5.32. The molecule has 2 rings (SSSR count). The second kappa shape index (κ2) is 12.4. The van der Waals surface area contributed by atoms with Crippen molar-refractivity contribution in [2.24, 2.45) is 4.99 Å². The lowest BCUT2D eigenvalue weighted by Gasteiger charge is -2.11. The summed E-state index contributed by atoms with van der Waals surface area (Å²) in [4.78, 5) is 8.88. The minimum atomic E-state index is 0. The zero-order valence-corrected chi connectivity index (χ0v) is 17.5. The molecule has 2 aromatic rings. The number of para-hydroxylation sites is 1. The molecule has 0 spiro atoms. The summed E-state index contributed by atoms with van der Waals surface area (Å²) in [7, 11) is 1.80. The van der Waals surface area contributed by atoms with Gasteiger partial charge in [0.1, 0.15) is 0 Å². The maximum Gasteiger partial charge on any atom is 0.190 e. The van der Waals surface area contributed by atoms with Crippen LogP contribution in [-0.4, -0.2) is 44.3 Å². The molecule has 1 aromatic heterocycles. The van der Waals surface area contributed by atoms with Crippen LogP contribution in [0.3, 0.4) is 0 Å². The number of benzene rings is 1. The minimum absolute atomic E-state index is 0. The van der Waals surface area contributed by atoms with Crippen LogP contribution in [0.4, 0.5) is 0 Å². The number of aromatic nitrogens is 1. The Morgan fingerprint density at radius 1 is 1.21 bits per heavy atom. The Bertz CT molecular complexity index is 584. The van der Waals surface area contributed by atoms with Crippen molar-refractivity contribution in [1.29, 1.82) is 0 Å². The quantitative estimate of drug-likeness (QED) is 0.260. The fourth-order valence-electron chi connectivity index (χ4n) is 2.22. The Morgan fingerprint density at radius 2 is 1.96 bits per heavy atom. The molecule has 0 fully saturated rings. The molecule has 24 heavy (non-hydrogen) atoms. The van der Waals surface area contributed by atoms with Gasteiger partial charge in [-0.25, -0.2) is 4.98 Å². The van der Waals surface area contributed by atoms with Gasteiger partial charge in [-0.2, -0.15) is 0 Å². The summed E-state index contributed by atoms with van der Waals surface area (Å²) in [6.07, 6.45) is 3.02. The third-order valence-corrected chi connectivity index (χ3v) is 4.48. The van der Waals surface area contributed by atoms with Crippen molar-refractivity contribution in [2.45, 2.75) is 26.2 Å². The average Bonchev–Trinajstić information content (AvgIpc) is 2.99. The zero-order chi connectivity index (χ0) is 16.3. The second-order valence-electron chi connectivity index (χ2n) is 5.16. The average molecular weight is 462 g/mol. The molecule has 0 amide bonds. The highest BCUT2D eigenvalue weighted by molar-refractivity contribution is 14.0. The summed E-state index contributed by atoms with van der Waals surface area (Å²) in [6, 6.07) is 8.30. The van der Waals surface area contributed by atoms with Crippen LogP contribution in [0.5, 0.6) is 0 Å². The number of thiazole rings is 1. The van der Waals surface area contributed by atoms with Crippen LogP contribution in [0.2, 0.25) is 0 Å². The number of nitrogens with one attached hydrogen (secondary N) is 2. The van der Waals surface area contributed by atoms with E-state index in [2.05, 4.69) is 38.8 Å². The number of hydrogen-bond acceptors (Lipinski definition) is 4. The van der Waals surface area contributed by atoms with E-state index in [1.807, 2.05) is 13.0 Å².